The standard InChI is InChI=1S/C18H23NO2S3/c1-15(7-6-14-22)19(2)24(20,21)18-12-10-17(11-13-18)23-16-8-4-3-5-9-16/h3-5,8-13,15,22H,6-7,14H2,1-2H3/t15-/m1/s1. The lowest BCUT2D eigenvalue weighted by Gasteiger charge is -2.24. The fraction of sp³-hybridized carbons (Fsp3) is 0.333. The van der Waals surface area contributed by atoms with E-state index in [4.69, 9.17) is 0 Å². The number of thiol groups is 1. The summed E-state index contributed by atoms with van der Waals surface area (Å²) in [6.07, 6.45) is 1.71. The van der Waals surface area contributed by atoms with Crippen molar-refractivity contribution >= 4 is 34.4 Å². The molecule has 0 radical (unpaired) electrons. The summed E-state index contributed by atoms with van der Waals surface area (Å²) in [5, 5.41) is 0. The van der Waals surface area contributed by atoms with Gasteiger partial charge in [-0.3, -0.25) is 0 Å². The van der Waals surface area contributed by atoms with E-state index in [1.54, 1.807) is 30.9 Å². The topological polar surface area (TPSA) is 37.4 Å². The van der Waals surface area contributed by atoms with Gasteiger partial charge in [0.25, 0.3) is 0 Å². The molecule has 0 aliphatic rings. The molecule has 0 N–H and O–H groups in total. The number of rotatable bonds is 8. The van der Waals surface area contributed by atoms with Crippen molar-refractivity contribution in [3.63, 3.8) is 0 Å². The Hall–Kier alpha value is -0.950. The van der Waals surface area contributed by atoms with Crippen molar-refractivity contribution in [1.82, 2.24) is 4.31 Å². The predicted molar refractivity (Wildman–Crippen MR) is 105 cm³/mol. The summed E-state index contributed by atoms with van der Waals surface area (Å²) in [5.74, 6) is 0.767. The molecule has 3 nitrogen and oxygen atoms in total. The maximum absolute atomic E-state index is 12.7. The summed E-state index contributed by atoms with van der Waals surface area (Å²) in [6.45, 7) is 1.93. The molecule has 0 aromatic heterocycles. The van der Waals surface area contributed by atoms with Gasteiger partial charge in [-0.2, -0.15) is 16.9 Å². The molecule has 0 saturated carbocycles. The van der Waals surface area contributed by atoms with E-state index in [2.05, 4.69) is 12.6 Å². The molecule has 2 aromatic rings. The summed E-state index contributed by atoms with van der Waals surface area (Å²) in [6, 6.07) is 17.1. The van der Waals surface area contributed by atoms with Crippen LogP contribution in [0, 0.1) is 0 Å². The first-order valence-electron chi connectivity index (χ1n) is 7.87. The monoisotopic (exact) mass is 381 g/mol. The first-order chi connectivity index (χ1) is 11.4. The highest BCUT2D eigenvalue weighted by Gasteiger charge is 2.24. The van der Waals surface area contributed by atoms with Crippen molar-refractivity contribution in [1.29, 1.82) is 0 Å². The predicted octanol–water partition coefficient (Wildman–Crippen LogP) is 4.56. The molecule has 0 amide bonds. The van der Waals surface area contributed by atoms with Crippen LogP contribution in [0.1, 0.15) is 19.8 Å². The van der Waals surface area contributed by atoms with Gasteiger partial charge in [0.1, 0.15) is 0 Å². The fourth-order valence-electron chi connectivity index (χ4n) is 2.28. The molecule has 2 aromatic carbocycles. The third kappa shape index (κ3) is 5.02. The van der Waals surface area contributed by atoms with E-state index in [-0.39, 0.29) is 6.04 Å². The zero-order valence-corrected chi connectivity index (χ0v) is 16.4. The van der Waals surface area contributed by atoms with Gasteiger partial charge in [0, 0.05) is 22.9 Å². The van der Waals surface area contributed by atoms with Crippen molar-refractivity contribution in [3.8, 4) is 0 Å². The quantitative estimate of drug-likeness (QED) is 0.681. The minimum atomic E-state index is -3.46. The number of hydrogen-bond donors (Lipinski definition) is 1. The van der Waals surface area contributed by atoms with Crippen LogP contribution in [0.4, 0.5) is 0 Å². The summed E-state index contributed by atoms with van der Waals surface area (Å²) in [4.78, 5) is 2.48. The SMILES string of the molecule is C[C@H](CCCS)N(C)S(=O)(=O)c1ccc(Sc2ccccc2)cc1. The van der Waals surface area contributed by atoms with Gasteiger partial charge in [0.15, 0.2) is 0 Å². The Balaban J connectivity index is 2.11. The zero-order valence-electron chi connectivity index (χ0n) is 13.9. The maximum Gasteiger partial charge on any atom is 0.243 e. The van der Waals surface area contributed by atoms with Crippen LogP contribution in [0.15, 0.2) is 69.3 Å². The highest BCUT2D eigenvalue weighted by Crippen LogP contribution is 2.29. The molecule has 0 unspecified atom stereocenters. The summed E-state index contributed by atoms with van der Waals surface area (Å²) in [7, 11) is -1.82. The largest absolute Gasteiger partial charge is 0.243 e. The van der Waals surface area contributed by atoms with E-state index in [9.17, 15) is 8.42 Å². The summed E-state index contributed by atoms with van der Waals surface area (Å²) in [5.41, 5.74) is 0. The Labute approximate surface area is 154 Å². The van der Waals surface area contributed by atoms with E-state index in [0.717, 1.165) is 28.4 Å². The van der Waals surface area contributed by atoms with Crippen molar-refractivity contribution < 1.29 is 8.42 Å². The fourth-order valence-corrected chi connectivity index (χ4v) is 4.69. The van der Waals surface area contributed by atoms with Gasteiger partial charge in [-0.25, -0.2) is 8.42 Å². The van der Waals surface area contributed by atoms with Gasteiger partial charge < -0.3 is 0 Å². The molecule has 0 heterocycles. The number of nitrogens with zero attached hydrogens (tertiary/aromatic N) is 1. The molecule has 6 heteroatoms. The minimum Gasteiger partial charge on any atom is -0.207 e. The molecule has 0 saturated heterocycles. The Kier molecular flexibility index (Phi) is 7.22. The smallest absolute Gasteiger partial charge is 0.207 e. The second-order valence-electron chi connectivity index (χ2n) is 5.62. The average molecular weight is 382 g/mol. The molecule has 0 aliphatic heterocycles. The van der Waals surface area contributed by atoms with Crippen LogP contribution in [0.25, 0.3) is 0 Å². The van der Waals surface area contributed by atoms with Crippen LogP contribution in [0.5, 0.6) is 0 Å². The van der Waals surface area contributed by atoms with Gasteiger partial charge in [0.05, 0.1) is 4.90 Å². The average Bonchev–Trinajstić information content (AvgIpc) is 2.60. The Morgan fingerprint density at radius 1 is 1.04 bits per heavy atom. The molecule has 0 spiro atoms. The van der Waals surface area contributed by atoms with Gasteiger partial charge >= 0.3 is 0 Å². The molecular weight excluding hydrogens is 358 g/mol. The third-order valence-electron chi connectivity index (χ3n) is 3.88. The molecule has 2 rings (SSSR count). The third-order valence-corrected chi connectivity index (χ3v) is 7.20. The lowest BCUT2D eigenvalue weighted by molar-refractivity contribution is 0.369. The van der Waals surface area contributed by atoms with Crippen LogP contribution in [0.3, 0.4) is 0 Å². The molecular formula is C18H23NO2S3. The summed E-state index contributed by atoms with van der Waals surface area (Å²) < 4.78 is 26.9. The van der Waals surface area contributed by atoms with Crippen molar-refractivity contribution in [2.75, 3.05) is 12.8 Å². The van der Waals surface area contributed by atoms with Gasteiger partial charge in [-0.1, -0.05) is 30.0 Å². The van der Waals surface area contributed by atoms with Crippen LogP contribution in [-0.4, -0.2) is 31.6 Å². The lowest BCUT2D eigenvalue weighted by Crippen LogP contribution is -2.35. The van der Waals surface area contributed by atoms with Gasteiger partial charge in [-0.15, -0.1) is 0 Å². The summed E-state index contributed by atoms with van der Waals surface area (Å²) >= 11 is 5.80. The molecule has 0 aliphatic carbocycles. The van der Waals surface area contributed by atoms with E-state index in [1.165, 1.54) is 4.31 Å². The number of hydrogen-bond acceptors (Lipinski definition) is 4. The Bertz CT molecular complexity index is 731. The molecule has 24 heavy (non-hydrogen) atoms. The van der Waals surface area contributed by atoms with Gasteiger partial charge in [0.2, 0.25) is 10.0 Å². The van der Waals surface area contributed by atoms with Crippen LogP contribution in [-0.2, 0) is 10.0 Å². The second kappa shape index (κ2) is 8.94. The van der Waals surface area contributed by atoms with E-state index < -0.39 is 10.0 Å². The zero-order chi connectivity index (χ0) is 17.6. The first-order valence-corrected chi connectivity index (χ1v) is 10.8. The lowest BCUT2D eigenvalue weighted by atomic mass is 10.2. The second-order valence-corrected chi connectivity index (χ2v) is 9.21. The van der Waals surface area contributed by atoms with Crippen molar-refractivity contribution in [3.05, 3.63) is 54.6 Å². The van der Waals surface area contributed by atoms with Crippen LogP contribution in [0.2, 0.25) is 0 Å². The number of benzene rings is 2. The minimum absolute atomic E-state index is 0.0412. The van der Waals surface area contributed by atoms with E-state index in [0.29, 0.717) is 4.90 Å². The van der Waals surface area contributed by atoms with E-state index >= 15 is 0 Å². The highest BCUT2D eigenvalue weighted by molar-refractivity contribution is 7.99. The molecule has 130 valence electrons. The van der Waals surface area contributed by atoms with Gasteiger partial charge in [-0.05, 0) is 61.9 Å². The molecule has 0 fully saturated rings. The first kappa shape index (κ1) is 19.4. The van der Waals surface area contributed by atoms with Crippen LogP contribution >= 0.6 is 24.4 Å². The Morgan fingerprint density at radius 3 is 2.21 bits per heavy atom. The van der Waals surface area contributed by atoms with Crippen molar-refractivity contribution in [2.45, 2.75) is 40.5 Å². The number of sulfonamides is 1. The Morgan fingerprint density at radius 2 is 1.62 bits per heavy atom. The maximum atomic E-state index is 12.7. The van der Waals surface area contributed by atoms with Crippen molar-refractivity contribution in [2.24, 2.45) is 0 Å². The molecule has 0 bridgehead atoms. The highest BCUT2D eigenvalue weighted by atomic mass is 32.2. The van der Waals surface area contributed by atoms with Crippen LogP contribution < -0.4 is 0 Å². The molecule has 1 atom stereocenters. The van der Waals surface area contributed by atoms with E-state index in [1.807, 2.05) is 49.4 Å². The normalized spacial score (nSPS) is 13.2.